The number of amides is 1. The first-order valence-corrected chi connectivity index (χ1v) is 12.0. The van der Waals surface area contributed by atoms with Gasteiger partial charge in [0.15, 0.2) is 5.13 Å². The number of benzene rings is 1. The number of carboxylic acids is 1. The Hall–Kier alpha value is -3.32. The molecule has 1 aliphatic heterocycles. The fourth-order valence-electron chi connectivity index (χ4n) is 3.77. The van der Waals surface area contributed by atoms with E-state index in [1.54, 1.807) is 19.1 Å². The van der Waals surface area contributed by atoms with Gasteiger partial charge in [-0.25, -0.2) is 25.0 Å². The van der Waals surface area contributed by atoms with Gasteiger partial charge in [-0.15, -0.1) is 0 Å². The molecule has 1 saturated heterocycles. The number of carboxylic acid groups (broad SMARTS) is 1. The summed E-state index contributed by atoms with van der Waals surface area (Å²) in [5, 5.41) is 26.3. The molecule has 0 bridgehead atoms. The van der Waals surface area contributed by atoms with E-state index in [0.29, 0.717) is 51.3 Å². The van der Waals surface area contributed by atoms with Crippen LogP contribution in [0.2, 0.25) is 5.02 Å². The maximum Gasteiger partial charge on any atom is 0.362 e. The lowest BCUT2D eigenvalue weighted by atomic mass is 10.2. The van der Waals surface area contributed by atoms with Crippen molar-refractivity contribution < 1.29 is 24.5 Å². The van der Waals surface area contributed by atoms with E-state index in [0.717, 1.165) is 5.56 Å². The van der Waals surface area contributed by atoms with Crippen LogP contribution in [0.4, 0.5) is 22.5 Å². The molecule has 4 N–H and O–H groups in total. The van der Waals surface area contributed by atoms with Crippen molar-refractivity contribution in [1.29, 1.82) is 0 Å². The number of nitrogens with one attached hydrogen (secondary N) is 2. The minimum absolute atomic E-state index is 0.272. The number of halogens is 1. The minimum Gasteiger partial charge on any atom is -0.477 e. The smallest absolute Gasteiger partial charge is 0.362 e. The number of hydroxylamine groups is 3. The summed E-state index contributed by atoms with van der Waals surface area (Å²) < 4.78 is -0.501. The summed E-state index contributed by atoms with van der Waals surface area (Å²) in [4.78, 5) is 39.3. The summed E-state index contributed by atoms with van der Waals surface area (Å²) in [7, 11) is 0. The SMILES string of the molecule is Cc1nc(Nc2ncc(C(=O)Nc3c(C)cccc3Cl)s2)cc(N2CC[N+](O)(CC(=O)O)CC2)n1. The topological polar surface area (TPSA) is 141 Å². The Balaban J connectivity index is 1.43. The van der Waals surface area contributed by atoms with E-state index in [-0.39, 0.29) is 25.5 Å². The lowest BCUT2D eigenvalue weighted by Crippen LogP contribution is -2.59. The number of carbonyl (C=O) groups is 2. The lowest BCUT2D eigenvalue weighted by Gasteiger charge is -2.38. The van der Waals surface area contributed by atoms with E-state index in [1.165, 1.54) is 17.5 Å². The number of quaternary nitrogens is 1. The summed E-state index contributed by atoms with van der Waals surface area (Å²) in [6.45, 7) is 4.74. The maximum absolute atomic E-state index is 12.7. The van der Waals surface area contributed by atoms with Crippen LogP contribution in [0.3, 0.4) is 0 Å². The maximum atomic E-state index is 12.7. The summed E-state index contributed by atoms with van der Waals surface area (Å²) in [6, 6.07) is 7.16. The summed E-state index contributed by atoms with van der Waals surface area (Å²) in [6.07, 6.45) is 1.48. The third-order valence-corrected chi connectivity index (χ3v) is 6.80. The van der Waals surface area contributed by atoms with Crippen molar-refractivity contribution in [3.05, 3.63) is 51.7 Å². The molecule has 3 aromatic rings. The largest absolute Gasteiger partial charge is 0.477 e. The average molecular weight is 519 g/mol. The van der Waals surface area contributed by atoms with E-state index in [4.69, 9.17) is 16.7 Å². The van der Waals surface area contributed by atoms with Crippen molar-refractivity contribution >= 4 is 57.3 Å². The lowest BCUT2D eigenvalue weighted by molar-refractivity contribution is -1.10. The number of aliphatic carboxylic acids is 1. The first-order chi connectivity index (χ1) is 16.6. The second kappa shape index (κ2) is 10.1. The number of rotatable bonds is 7. The highest BCUT2D eigenvalue weighted by Crippen LogP contribution is 2.28. The predicted molar refractivity (Wildman–Crippen MR) is 133 cm³/mol. The Kier molecular flexibility index (Phi) is 7.17. The Morgan fingerprint density at radius 3 is 2.66 bits per heavy atom. The van der Waals surface area contributed by atoms with Crippen molar-refractivity contribution in [2.45, 2.75) is 13.8 Å². The number of thiazole rings is 1. The Morgan fingerprint density at radius 1 is 1.23 bits per heavy atom. The van der Waals surface area contributed by atoms with Crippen molar-refractivity contribution in [3.8, 4) is 0 Å². The van der Waals surface area contributed by atoms with Crippen molar-refractivity contribution in [1.82, 2.24) is 15.0 Å². The van der Waals surface area contributed by atoms with Crippen molar-refractivity contribution in [2.24, 2.45) is 0 Å². The Bertz CT molecular complexity index is 1240. The van der Waals surface area contributed by atoms with Crippen LogP contribution in [0.25, 0.3) is 0 Å². The molecule has 11 nitrogen and oxygen atoms in total. The third-order valence-electron chi connectivity index (χ3n) is 5.58. The number of hydrogen-bond donors (Lipinski definition) is 4. The zero-order valence-electron chi connectivity index (χ0n) is 19.2. The first-order valence-electron chi connectivity index (χ1n) is 10.8. The molecule has 0 spiro atoms. The molecule has 0 saturated carbocycles. The van der Waals surface area contributed by atoms with Gasteiger partial charge in [0, 0.05) is 6.07 Å². The monoisotopic (exact) mass is 518 g/mol. The standard InChI is InChI=1S/C22H24ClN7O4S/c1-13-4-3-5-15(23)20(13)28-21(33)16-11-24-22(35-16)27-17-10-18(26-14(2)25-17)29-6-8-30(34,9-7-29)12-19(31)32/h3-5,10-11,34H,6-9,12H2,1-2H3,(H2-,24,25,26,27,28,31,32,33)/p+1. The fraction of sp³-hybridized carbons (Fsp3) is 0.318. The van der Waals surface area contributed by atoms with E-state index in [9.17, 15) is 14.8 Å². The average Bonchev–Trinajstić information content (AvgIpc) is 3.24. The van der Waals surface area contributed by atoms with Crippen LogP contribution in [-0.4, -0.2) is 74.5 Å². The van der Waals surface area contributed by atoms with Gasteiger partial charge < -0.3 is 20.6 Å². The number of aryl methyl sites for hydroxylation is 2. The van der Waals surface area contributed by atoms with Gasteiger partial charge in [0.25, 0.3) is 5.91 Å². The molecule has 2 aromatic heterocycles. The van der Waals surface area contributed by atoms with Crippen molar-refractivity contribution in [2.75, 3.05) is 48.3 Å². The molecule has 1 fully saturated rings. The van der Waals surface area contributed by atoms with Gasteiger partial charge in [-0.1, -0.05) is 35.1 Å². The zero-order chi connectivity index (χ0) is 25.2. The molecule has 0 unspecified atom stereocenters. The van der Waals surface area contributed by atoms with Gasteiger partial charge >= 0.3 is 5.97 Å². The number of nitrogens with zero attached hydrogens (tertiary/aromatic N) is 5. The number of hydrogen-bond acceptors (Lipinski definition) is 9. The second-order valence-corrected chi connectivity index (χ2v) is 9.72. The molecule has 184 valence electrons. The zero-order valence-corrected chi connectivity index (χ0v) is 20.7. The van der Waals surface area contributed by atoms with Gasteiger partial charge in [-0.05, 0) is 25.5 Å². The first kappa shape index (κ1) is 24.8. The number of carbonyl (C=O) groups excluding carboxylic acids is 1. The van der Waals surface area contributed by atoms with Crippen LogP contribution in [0.15, 0.2) is 30.5 Å². The fourth-order valence-corrected chi connectivity index (χ4v) is 4.75. The van der Waals surface area contributed by atoms with Gasteiger partial charge in [0.1, 0.15) is 35.4 Å². The molecule has 0 aliphatic carbocycles. The molecular formula is C22H25ClN7O4S+. The number of anilines is 4. The van der Waals surface area contributed by atoms with Crippen LogP contribution in [0.1, 0.15) is 21.1 Å². The summed E-state index contributed by atoms with van der Waals surface area (Å²) in [5.74, 6) is 0.354. The molecule has 13 heteroatoms. The normalized spacial score (nSPS) is 15.0. The quantitative estimate of drug-likeness (QED) is 0.346. The van der Waals surface area contributed by atoms with E-state index in [1.807, 2.05) is 24.0 Å². The van der Waals surface area contributed by atoms with E-state index in [2.05, 4.69) is 25.6 Å². The minimum atomic E-state index is -1.04. The van der Waals surface area contributed by atoms with Gasteiger partial charge in [-0.3, -0.25) is 4.79 Å². The molecule has 1 aliphatic rings. The van der Waals surface area contributed by atoms with Gasteiger partial charge in [0.2, 0.25) is 6.54 Å². The number of piperazine rings is 1. The van der Waals surface area contributed by atoms with Crippen LogP contribution >= 0.6 is 22.9 Å². The summed E-state index contributed by atoms with van der Waals surface area (Å²) >= 11 is 7.38. The Labute approximate surface area is 210 Å². The molecule has 4 rings (SSSR count). The molecule has 0 radical (unpaired) electrons. The van der Waals surface area contributed by atoms with Gasteiger partial charge in [0.05, 0.1) is 30.0 Å². The highest BCUT2D eigenvalue weighted by molar-refractivity contribution is 7.17. The molecular weight excluding hydrogens is 494 g/mol. The molecule has 0 atom stereocenters. The van der Waals surface area contributed by atoms with Crippen molar-refractivity contribution in [3.63, 3.8) is 0 Å². The predicted octanol–water partition coefficient (Wildman–Crippen LogP) is 3.31. The highest BCUT2D eigenvalue weighted by atomic mass is 35.5. The van der Waals surface area contributed by atoms with Crippen LogP contribution in [0, 0.1) is 13.8 Å². The molecule has 1 aromatic carbocycles. The van der Waals surface area contributed by atoms with Crippen LogP contribution in [-0.2, 0) is 4.79 Å². The number of aromatic nitrogens is 3. The Morgan fingerprint density at radius 2 is 1.97 bits per heavy atom. The summed E-state index contributed by atoms with van der Waals surface area (Å²) in [5.41, 5.74) is 1.42. The van der Waals surface area contributed by atoms with Crippen LogP contribution in [0.5, 0.6) is 0 Å². The number of para-hydroxylation sites is 1. The third kappa shape index (κ3) is 6.03. The molecule has 1 amide bonds. The molecule has 3 heterocycles. The highest BCUT2D eigenvalue weighted by Gasteiger charge is 2.35. The molecule has 35 heavy (non-hydrogen) atoms. The van der Waals surface area contributed by atoms with E-state index < -0.39 is 10.6 Å². The van der Waals surface area contributed by atoms with Gasteiger partial charge in [-0.2, -0.15) is 4.65 Å². The van der Waals surface area contributed by atoms with E-state index >= 15 is 0 Å². The second-order valence-electron chi connectivity index (χ2n) is 8.28. The van der Waals surface area contributed by atoms with Crippen LogP contribution < -0.4 is 15.5 Å².